The summed E-state index contributed by atoms with van der Waals surface area (Å²) < 4.78 is 25.3. The van der Waals surface area contributed by atoms with E-state index in [9.17, 15) is 9.50 Å². The average molecular weight is 450 g/mol. The Balaban J connectivity index is 1.86. The molecule has 0 fully saturated rings. The lowest BCUT2D eigenvalue weighted by atomic mass is 10.2. The molecule has 0 saturated heterocycles. The summed E-state index contributed by atoms with van der Waals surface area (Å²) in [4.78, 5) is 8.79. The number of aryl methyl sites for hydroxylation is 1. The number of aliphatic hydroxyl groups is 1. The highest BCUT2D eigenvalue weighted by Crippen LogP contribution is 2.33. The van der Waals surface area contributed by atoms with Crippen LogP contribution < -0.4 is 15.8 Å². The molecule has 2 atom stereocenters. The van der Waals surface area contributed by atoms with Crippen molar-refractivity contribution in [3.05, 3.63) is 40.8 Å². The minimum atomic E-state index is -0.788. The summed E-state index contributed by atoms with van der Waals surface area (Å²) in [6.45, 7) is 7.35. The lowest BCUT2D eigenvalue weighted by molar-refractivity contribution is 0.129. The number of benzene rings is 1. The van der Waals surface area contributed by atoms with E-state index in [0.29, 0.717) is 11.4 Å². The lowest BCUT2D eigenvalue weighted by Crippen LogP contribution is -2.38. The maximum Gasteiger partial charge on any atom is 0.258 e. The van der Waals surface area contributed by atoms with Crippen LogP contribution in [-0.4, -0.2) is 45.0 Å². The highest BCUT2D eigenvalue weighted by Gasteiger charge is 2.19. The molecular weight excluding hydrogens is 425 g/mol. The number of halogens is 2. The molecular formula is C21H25ClFN5O3. The van der Waals surface area contributed by atoms with Crippen LogP contribution in [0.4, 0.5) is 10.2 Å². The van der Waals surface area contributed by atoms with Crippen LogP contribution in [0.1, 0.15) is 26.5 Å². The first-order chi connectivity index (χ1) is 14.6. The highest BCUT2D eigenvalue weighted by atomic mass is 35.5. The Labute approximate surface area is 184 Å². The van der Waals surface area contributed by atoms with Crippen molar-refractivity contribution in [2.24, 2.45) is 5.73 Å². The SMILES string of the molecule is Cc1cc(-c2nc(-c3cc(F)c(OC[C@H](N)[C@@H](C)O)cc3Cl)no2)cc(NC(C)C)n1. The van der Waals surface area contributed by atoms with Crippen molar-refractivity contribution in [1.29, 1.82) is 0 Å². The van der Waals surface area contributed by atoms with Gasteiger partial charge in [0.15, 0.2) is 11.6 Å². The predicted octanol–water partition coefficient (Wildman–Crippen LogP) is 3.81. The summed E-state index contributed by atoms with van der Waals surface area (Å²) in [7, 11) is 0. The first-order valence-electron chi connectivity index (χ1n) is 9.79. The van der Waals surface area contributed by atoms with Crippen LogP contribution in [0, 0.1) is 12.7 Å². The number of aliphatic hydroxyl groups excluding tert-OH is 1. The summed E-state index contributed by atoms with van der Waals surface area (Å²) in [6.07, 6.45) is -0.788. The molecule has 31 heavy (non-hydrogen) atoms. The van der Waals surface area contributed by atoms with Gasteiger partial charge in [-0.05, 0) is 45.9 Å². The average Bonchev–Trinajstić information content (AvgIpc) is 3.17. The quantitative estimate of drug-likeness (QED) is 0.475. The van der Waals surface area contributed by atoms with Gasteiger partial charge in [0, 0.05) is 28.9 Å². The molecule has 8 nitrogen and oxygen atoms in total. The first-order valence-corrected chi connectivity index (χ1v) is 10.2. The highest BCUT2D eigenvalue weighted by molar-refractivity contribution is 6.33. The van der Waals surface area contributed by atoms with Crippen LogP contribution in [0.2, 0.25) is 5.02 Å². The zero-order valence-corrected chi connectivity index (χ0v) is 18.4. The monoisotopic (exact) mass is 449 g/mol. The van der Waals surface area contributed by atoms with Crippen molar-refractivity contribution < 1.29 is 18.8 Å². The summed E-state index contributed by atoms with van der Waals surface area (Å²) >= 11 is 6.31. The van der Waals surface area contributed by atoms with Crippen LogP contribution in [0.3, 0.4) is 0 Å². The van der Waals surface area contributed by atoms with Crippen molar-refractivity contribution in [3.63, 3.8) is 0 Å². The molecule has 0 spiro atoms. The predicted molar refractivity (Wildman–Crippen MR) is 117 cm³/mol. The van der Waals surface area contributed by atoms with Crippen molar-refractivity contribution in [3.8, 4) is 28.6 Å². The van der Waals surface area contributed by atoms with Gasteiger partial charge >= 0.3 is 0 Å². The summed E-state index contributed by atoms with van der Waals surface area (Å²) in [5.74, 6) is 0.339. The van der Waals surface area contributed by atoms with E-state index in [2.05, 4.69) is 20.4 Å². The van der Waals surface area contributed by atoms with Gasteiger partial charge in [0.1, 0.15) is 12.4 Å². The van der Waals surface area contributed by atoms with Crippen LogP contribution in [-0.2, 0) is 0 Å². The number of ether oxygens (including phenoxy) is 1. The summed E-state index contributed by atoms with van der Waals surface area (Å²) in [5.41, 5.74) is 7.42. The molecule has 3 rings (SSSR count). The van der Waals surface area contributed by atoms with Crippen LogP contribution in [0.5, 0.6) is 5.75 Å². The zero-order valence-electron chi connectivity index (χ0n) is 17.7. The molecule has 166 valence electrons. The first kappa shape index (κ1) is 22.9. The third-order valence-corrected chi connectivity index (χ3v) is 4.69. The van der Waals surface area contributed by atoms with E-state index in [1.165, 1.54) is 19.1 Å². The Kier molecular flexibility index (Phi) is 7.09. The van der Waals surface area contributed by atoms with Gasteiger partial charge in [0.05, 0.1) is 17.2 Å². The van der Waals surface area contributed by atoms with Gasteiger partial charge in [-0.1, -0.05) is 16.8 Å². The molecule has 0 aliphatic rings. The van der Waals surface area contributed by atoms with Crippen molar-refractivity contribution in [1.82, 2.24) is 15.1 Å². The Bertz CT molecular complexity index is 1060. The third-order valence-electron chi connectivity index (χ3n) is 4.38. The van der Waals surface area contributed by atoms with E-state index in [-0.39, 0.29) is 40.7 Å². The molecule has 0 radical (unpaired) electrons. The fraction of sp³-hybridized carbons (Fsp3) is 0.381. The normalized spacial score (nSPS) is 13.3. The number of nitrogens with two attached hydrogens (primary N) is 1. The molecule has 4 N–H and O–H groups in total. The Hall–Kier alpha value is -2.75. The van der Waals surface area contributed by atoms with Crippen LogP contribution >= 0.6 is 11.6 Å². The number of nitrogens with one attached hydrogen (secondary N) is 1. The van der Waals surface area contributed by atoms with Gasteiger partial charge in [-0.15, -0.1) is 0 Å². The van der Waals surface area contributed by atoms with E-state index in [0.717, 1.165) is 5.69 Å². The van der Waals surface area contributed by atoms with Gasteiger partial charge in [0.2, 0.25) is 5.82 Å². The van der Waals surface area contributed by atoms with Crippen molar-refractivity contribution in [2.75, 3.05) is 11.9 Å². The minimum Gasteiger partial charge on any atom is -0.489 e. The second-order valence-corrected chi connectivity index (χ2v) is 7.99. The van der Waals surface area contributed by atoms with Gasteiger partial charge in [-0.2, -0.15) is 4.98 Å². The smallest absolute Gasteiger partial charge is 0.258 e. The molecule has 3 aromatic rings. The molecule has 0 saturated carbocycles. The van der Waals surface area contributed by atoms with E-state index in [1.54, 1.807) is 6.07 Å². The number of hydrogen-bond acceptors (Lipinski definition) is 8. The van der Waals surface area contributed by atoms with E-state index >= 15 is 0 Å². The zero-order chi connectivity index (χ0) is 22.7. The second kappa shape index (κ2) is 9.59. The van der Waals surface area contributed by atoms with Gasteiger partial charge < -0.3 is 25.4 Å². The molecule has 0 aliphatic heterocycles. The standard InChI is InChI=1S/C21H25ClFN5O3/c1-10(2)25-19-6-13(5-11(3)26-19)21-27-20(28-31-21)14-7-16(23)18(8-15(14)22)30-9-17(24)12(4)29/h5-8,10,12,17,29H,9,24H2,1-4H3,(H,25,26)/t12-,17+/m1/s1. The number of aromatic nitrogens is 3. The van der Waals surface area contributed by atoms with Crippen LogP contribution in [0.15, 0.2) is 28.8 Å². The maximum atomic E-state index is 14.5. The molecule has 10 heteroatoms. The maximum absolute atomic E-state index is 14.5. The number of rotatable bonds is 8. The number of pyridine rings is 1. The molecule has 2 aromatic heterocycles. The molecule has 0 unspecified atom stereocenters. The number of nitrogens with zero attached hydrogens (tertiary/aromatic N) is 3. The Morgan fingerprint density at radius 1 is 1.23 bits per heavy atom. The van der Waals surface area contributed by atoms with Gasteiger partial charge in [0.25, 0.3) is 5.89 Å². The number of anilines is 1. The lowest BCUT2D eigenvalue weighted by Gasteiger charge is -2.16. The molecule has 1 aromatic carbocycles. The molecule has 0 aliphatic carbocycles. The summed E-state index contributed by atoms with van der Waals surface area (Å²) in [5, 5.41) is 16.8. The van der Waals surface area contributed by atoms with Crippen LogP contribution in [0.25, 0.3) is 22.8 Å². The minimum absolute atomic E-state index is 0.0647. The Morgan fingerprint density at radius 3 is 2.65 bits per heavy atom. The Morgan fingerprint density at radius 2 is 1.97 bits per heavy atom. The van der Waals surface area contributed by atoms with Crippen molar-refractivity contribution in [2.45, 2.75) is 45.9 Å². The molecule has 0 bridgehead atoms. The van der Waals surface area contributed by atoms with E-state index in [1.807, 2.05) is 26.8 Å². The summed E-state index contributed by atoms with van der Waals surface area (Å²) in [6, 6.07) is 5.65. The van der Waals surface area contributed by atoms with E-state index in [4.69, 9.17) is 26.6 Å². The largest absolute Gasteiger partial charge is 0.489 e. The molecule has 0 amide bonds. The number of hydrogen-bond donors (Lipinski definition) is 3. The molecule has 2 heterocycles. The van der Waals surface area contributed by atoms with Crippen molar-refractivity contribution >= 4 is 17.4 Å². The topological polar surface area (TPSA) is 119 Å². The fourth-order valence-corrected chi connectivity index (χ4v) is 2.99. The van der Waals surface area contributed by atoms with Gasteiger partial charge in [-0.3, -0.25) is 0 Å². The fourth-order valence-electron chi connectivity index (χ4n) is 2.75. The second-order valence-electron chi connectivity index (χ2n) is 7.58. The third kappa shape index (κ3) is 5.69. The van der Waals surface area contributed by atoms with E-state index < -0.39 is 18.0 Å². The van der Waals surface area contributed by atoms with Gasteiger partial charge in [-0.25, -0.2) is 9.37 Å².